The fourth-order valence-electron chi connectivity index (χ4n) is 1.41. The first-order valence-corrected chi connectivity index (χ1v) is 4.51. The molecule has 2 nitrogen and oxygen atoms in total. The molecule has 0 fully saturated rings. The molecular formula is C10H10ClNO. The zero-order chi connectivity index (χ0) is 9.26. The molecule has 0 amide bonds. The van der Waals surface area contributed by atoms with Crippen LogP contribution >= 0.6 is 11.6 Å². The topological polar surface area (TPSA) is 25.2 Å². The van der Waals surface area contributed by atoms with Gasteiger partial charge < -0.3 is 9.73 Å². The highest BCUT2D eigenvalue weighted by Gasteiger charge is 2.09. The van der Waals surface area contributed by atoms with Gasteiger partial charge in [-0.25, -0.2) is 0 Å². The minimum Gasteiger partial charge on any atom is -0.444 e. The van der Waals surface area contributed by atoms with Crippen LogP contribution < -0.4 is 5.32 Å². The molecule has 1 aromatic carbocycles. The zero-order valence-corrected chi connectivity index (χ0v) is 8.06. The molecular weight excluding hydrogens is 186 g/mol. The maximum atomic E-state index is 5.94. The molecule has 0 aliphatic carbocycles. The maximum absolute atomic E-state index is 5.94. The molecule has 1 aromatic heterocycles. The lowest BCUT2D eigenvalue weighted by molar-refractivity contribution is 0.609. The first-order chi connectivity index (χ1) is 6.33. The van der Waals surface area contributed by atoms with E-state index in [1.54, 1.807) is 0 Å². The van der Waals surface area contributed by atoms with Gasteiger partial charge in [0.2, 0.25) is 0 Å². The summed E-state index contributed by atoms with van der Waals surface area (Å²) in [6.45, 7) is 0.732. The Labute approximate surface area is 81.5 Å². The van der Waals surface area contributed by atoms with E-state index >= 15 is 0 Å². The number of hydrogen-bond acceptors (Lipinski definition) is 2. The summed E-state index contributed by atoms with van der Waals surface area (Å²) in [5.41, 5.74) is 1.87. The van der Waals surface area contributed by atoms with Gasteiger partial charge in [-0.2, -0.15) is 0 Å². The number of benzene rings is 1. The van der Waals surface area contributed by atoms with E-state index in [0.717, 1.165) is 23.1 Å². The lowest BCUT2D eigenvalue weighted by Crippen LogP contribution is -2.04. The van der Waals surface area contributed by atoms with Gasteiger partial charge in [-0.1, -0.05) is 18.2 Å². The molecule has 0 saturated carbocycles. The SMILES string of the molecule is CNCc1c(Cl)oc2ccccc12. The Morgan fingerprint density at radius 2 is 2.15 bits per heavy atom. The van der Waals surface area contributed by atoms with Gasteiger partial charge in [-0.3, -0.25) is 0 Å². The fraction of sp³-hybridized carbons (Fsp3) is 0.200. The fourth-order valence-corrected chi connectivity index (χ4v) is 1.66. The number of hydrogen-bond donors (Lipinski definition) is 1. The lowest BCUT2D eigenvalue weighted by atomic mass is 10.2. The van der Waals surface area contributed by atoms with Crippen LogP contribution in [0.3, 0.4) is 0 Å². The van der Waals surface area contributed by atoms with Crippen molar-refractivity contribution in [2.24, 2.45) is 0 Å². The van der Waals surface area contributed by atoms with Gasteiger partial charge in [0.15, 0.2) is 5.22 Å². The van der Waals surface area contributed by atoms with Gasteiger partial charge in [0.25, 0.3) is 0 Å². The summed E-state index contributed by atoms with van der Waals surface area (Å²) in [7, 11) is 1.89. The van der Waals surface area contributed by atoms with Crippen molar-refractivity contribution < 1.29 is 4.42 Å². The Hall–Kier alpha value is -0.990. The van der Waals surface area contributed by atoms with Crippen LogP contribution in [0.15, 0.2) is 28.7 Å². The Morgan fingerprint density at radius 3 is 2.92 bits per heavy atom. The van der Waals surface area contributed by atoms with Crippen LogP contribution in [0, 0.1) is 0 Å². The van der Waals surface area contributed by atoms with E-state index in [1.807, 2.05) is 31.3 Å². The molecule has 2 aromatic rings. The minimum absolute atomic E-state index is 0.482. The summed E-state index contributed by atoms with van der Waals surface area (Å²) in [5.74, 6) is 0. The molecule has 3 heteroatoms. The molecule has 2 rings (SSSR count). The van der Waals surface area contributed by atoms with Gasteiger partial charge in [0, 0.05) is 17.5 Å². The predicted octanol–water partition coefficient (Wildman–Crippen LogP) is 2.81. The Balaban J connectivity index is 2.64. The molecule has 0 spiro atoms. The molecule has 13 heavy (non-hydrogen) atoms. The first kappa shape index (κ1) is 8.60. The second-order valence-corrected chi connectivity index (χ2v) is 3.22. The summed E-state index contributed by atoms with van der Waals surface area (Å²) in [6, 6.07) is 7.84. The molecule has 0 aliphatic heterocycles. The van der Waals surface area contributed by atoms with Crippen LogP contribution in [0.25, 0.3) is 11.0 Å². The molecule has 0 bridgehead atoms. The second-order valence-electron chi connectivity index (χ2n) is 2.88. The minimum atomic E-state index is 0.482. The molecule has 0 radical (unpaired) electrons. The normalized spacial score (nSPS) is 10.9. The van der Waals surface area contributed by atoms with E-state index in [4.69, 9.17) is 16.0 Å². The van der Waals surface area contributed by atoms with Crippen molar-refractivity contribution in [3.63, 3.8) is 0 Å². The largest absolute Gasteiger partial charge is 0.444 e. The van der Waals surface area contributed by atoms with Crippen molar-refractivity contribution in [3.05, 3.63) is 35.0 Å². The number of rotatable bonds is 2. The van der Waals surface area contributed by atoms with Crippen molar-refractivity contribution in [2.45, 2.75) is 6.54 Å². The highest BCUT2D eigenvalue weighted by Crippen LogP contribution is 2.28. The average molecular weight is 196 g/mol. The van der Waals surface area contributed by atoms with Crippen molar-refractivity contribution >= 4 is 22.6 Å². The van der Waals surface area contributed by atoms with Gasteiger partial charge in [0.1, 0.15) is 5.58 Å². The number of para-hydroxylation sites is 1. The Kier molecular flexibility index (Phi) is 2.25. The monoisotopic (exact) mass is 195 g/mol. The molecule has 0 unspecified atom stereocenters. The van der Waals surface area contributed by atoms with Crippen molar-refractivity contribution in [3.8, 4) is 0 Å². The highest BCUT2D eigenvalue weighted by molar-refractivity contribution is 6.30. The standard InChI is InChI=1S/C10H10ClNO/c1-12-6-8-7-4-2-3-5-9(7)13-10(8)11/h2-5,12H,6H2,1H3. The quantitative estimate of drug-likeness (QED) is 0.797. The Morgan fingerprint density at radius 1 is 1.38 bits per heavy atom. The summed E-state index contributed by atoms with van der Waals surface area (Å²) < 4.78 is 5.38. The lowest BCUT2D eigenvalue weighted by Gasteiger charge is -1.95. The molecule has 0 saturated heterocycles. The number of furan rings is 1. The highest BCUT2D eigenvalue weighted by atomic mass is 35.5. The maximum Gasteiger partial charge on any atom is 0.199 e. The molecule has 68 valence electrons. The van der Waals surface area contributed by atoms with Crippen LogP contribution in [-0.4, -0.2) is 7.05 Å². The van der Waals surface area contributed by atoms with E-state index < -0.39 is 0 Å². The van der Waals surface area contributed by atoms with Crippen molar-refractivity contribution in [1.82, 2.24) is 5.32 Å². The molecule has 1 heterocycles. The molecule has 0 atom stereocenters. The summed E-state index contributed by atoms with van der Waals surface area (Å²) in [5, 5.41) is 4.63. The molecule has 1 N–H and O–H groups in total. The average Bonchev–Trinajstić information content (AvgIpc) is 2.44. The third kappa shape index (κ3) is 1.43. The van der Waals surface area contributed by atoms with Crippen LogP contribution in [0.1, 0.15) is 5.56 Å². The van der Waals surface area contributed by atoms with E-state index in [-0.39, 0.29) is 0 Å². The van der Waals surface area contributed by atoms with Gasteiger partial charge >= 0.3 is 0 Å². The van der Waals surface area contributed by atoms with Crippen LogP contribution in [0.5, 0.6) is 0 Å². The third-order valence-electron chi connectivity index (χ3n) is 2.00. The summed E-state index contributed by atoms with van der Waals surface area (Å²) >= 11 is 5.94. The first-order valence-electron chi connectivity index (χ1n) is 4.13. The third-order valence-corrected chi connectivity index (χ3v) is 2.31. The zero-order valence-electron chi connectivity index (χ0n) is 7.30. The van der Waals surface area contributed by atoms with E-state index in [9.17, 15) is 0 Å². The number of halogens is 1. The van der Waals surface area contributed by atoms with E-state index in [2.05, 4.69) is 5.32 Å². The van der Waals surface area contributed by atoms with E-state index in [0.29, 0.717) is 5.22 Å². The predicted molar refractivity (Wildman–Crippen MR) is 54.0 cm³/mol. The van der Waals surface area contributed by atoms with Crippen molar-refractivity contribution in [1.29, 1.82) is 0 Å². The number of fused-ring (bicyclic) bond motifs is 1. The van der Waals surface area contributed by atoms with E-state index in [1.165, 1.54) is 0 Å². The summed E-state index contributed by atoms with van der Waals surface area (Å²) in [6.07, 6.45) is 0. The van der Waals surface area contributed by atoms with Crippen molar-refractivity contribution in [2.75, 3.05) is 7.05 Å². The van der Waals surface area contributed by atoms with Crippen LogP contribution in [0.4, 0.5) is 0 Å². The second kappa shape index (κ2) is 3.40. The smallest absolute Gasteiger partial charge is 0.199 e. The van der Waals surface area contributed by atoms with Gasteiger partial charge in [-0.05, 0) is 24.7 Å². The number of nitrogens with one attached hydrogen (secondary N) is 1. The molecule has 0 aliphatic rings. The van der Waals surface area contributed by atoms with Crippen LogP contribution in [-0.2, 0) is 6.54 Å². The summed E-state index contributed by atoms with van der Waals surface area (Å²) in [4.78, 5) is 0. The van der Waals surface area contributed by atoms with Gasteiger partial charge in [0.05, 0.1) is 0 Å². The van der Waals surface area contributed by atoms with Gasteiger partial charge in [-0.15, -0.1) is 0 Å². The Bertz CT molecular complexity index is 422. The van der Waals surface area contributed by atoms with Crippen LogP contribution in [0.2, 0.25) is 5.22 Å².